The van der Waals surface area contributed by atoms with Crippen LogP contribution in [-0.2, 0) is 12.7 Å². The predicted molar refractivity (Wildman–Crippen MR) is 86.6 cm³/mol. The normalized spacial score (nSPS) is 11.3. The smallest absolute Gasteiger partial charge is 0.348 e. The fourth-order valence-corrected chi connectivity index (χ4v) is 2.39. The number of hydrogen-bond acceptors (Lipinski definition) is 2. The maximum atomic E-state index is 12.5. The molecule has 0 radical (unpaired) electrons. The van der Waals surface area contributed by atoms with Gasteiger partial charge in [-0.15, -0.1) is 0 Å². The van der Waals surface area contributed by atoms with Crippen LogP contribution in [0.15, 0.2) is 60.8 Å². The van der Waals surface area contributed by atoms with E-state index in [0.29, 0.717) is 0 Å². The molecule has 0 fully saturated rings. The summed E-state index contributed by atoms with van der Waals surface area (Å²) in [6.07, 6.45) is -2.81. The SMILES string of the molecule is O=C(NCc1cn[nH]c1-c1ccccc1)c1ccc(C(F)(F)F)cc1. The molecule has 0 aliphatic heterocycles. The highest BCUT2D eigenvalue weighted by Crippen LogP contribution is 2.29. The van der Waals surface area contributed by atoms with Crippen molar-refractivity contribution in [3.05, 3.63) is 77.5 Å². The molecule has 3 rings (SSSR count). The van der Waals surface area contributed by atoms with Crippen molar-refractivity contribution in [3.8, 4) is 11.3 Å². The third-order valence-electron chi connectivity index (χ3n) is 3.69. The lowest BCUT2D eigenvalue weighted by Crippen LogP contribution is -2.23. The van der Waals surface area contributed by atoms with Crippen LogP contribution in [0.4, 0.5) is 13.2 Å². The molecule has 4 nitrogen and oxygen atoms in total. The van der Waals surface area contributed by atoms with Crippen LogP contribution in [0.2, 0.25) is 0 Å². The highest BCUT2D eigenvalue weighted by atomic mass is 19.4. The topological polar surface area (TPSA) is 57.8 Å². The molecular formula is C18H14F3N3O. The van der Waals surface area contributed by atoms with Crippen molar-refractivity contribution in [1.82, 2.24) is 15.5 Å². The summed E-state index contributed by atoms with van der Waals surface area (Å²) in [5.41, 5.74) is 1.88. The fourth-order valence-electron chi connectivity index (χ4n) is 2.39. The zero-order valence-electron chi connectivity index (χ0n) is 13.0. The number of amides is 1. The zero-order valence-corrected chi connectivity index (χ0v) is 13.0. The Morgan fingerprint density at radius 2 is 1.72 bits per heavy atom. The molecule has 2 N–H and O–H groups in total. The van der Waals surface area contributed by atoms with Gasteiger partial charge < -0.3 is 5.32 Å². The second kappa shape index (κ2) is 6.80. The molecule has 0 saturated heterocycles. The van der Waals surface area contributed by atoms with E-state index < -0.39 is 17.6 Å². The summed E-state index contributed by atoms with van der Waals surface area (Å²) in [5, 5.41) is 9.56. The molecule has 0 bridgehead atoms. The summed E-state index contributed by atoms with van der Waals surface area (Å²) in [6.45, 7) is 0.209. The van der Waals surface area contributed by atoms with Crippen LogP contribution in [0.1, 0.15) is 21.5 Å². The lowest BCUT2D eigenvalue weighted by molar-refractivity contribution is -0.137. The highest BCUT2D eigenvalue weighted by Gasteiger charge is 2.30. The second-order valence-electron chi connectivity index (χ2n) is 5.39. The van der Waals surface area contributed by atoms with E-state index in [9.17, 15) is 18.0 Å². The van der Waals surface area contributed by atoms with E-state index in [1.54, 1.807) is 6.20 Å². The molecule has 7 heteroatoms. The molecule has 2 aromatic carbocycles. The molecule has 1 aromatic heterocycles. The van der Waals surface area contributed by atoms with Crippen molar-refractivity contribution in [2.24, 2.45) is 0 Å². The number of aromatic nitrogens is 2. The molecule has 0 aliphatic rings. The maximum absolute atomic E-state index is 12.5. The molecular weight excluding hydrogens is 331 g/mol. The second-order valence-corrected chi connectivity index (χ2v) is 5.39. The molecule has 0 saturated carbocycles. The van der Waals surface area contributed by atoms with Gasteiger partial charge in [0.2, 0.25) is 0 Å². The molecule has 1 amide bonds. The minimum atomic E-state index is -4.42. The summed E-state index contributed by atoms with van der Waals surface area (Å²) >= 11 is 0. The third kappa shape index (κ3) is 3.88. The van der Waals surface area contributed by atoms with Crippen molar-refractivity contribution in [1.29, 1.82) is 0 Å². The molecule has 0 unspecified atom stereocenters. The van der Waals surface area contributed by atoms with Crippen LogP contribution in [0.25, 0.3) is 11.3 Å². The number of carbonyl (C=O) groups is 1. The summed E-state index contributed by atoms with van der Waals surface area (Å²) < 4.78 is 37.6. The fraction of sp³-hybridized carbons (Fsp3) is 0.111. The van der Waals surface area contributed by atoms with E-state index in [1.165, 1.54) is 0 Å². The maximum Gasteiger partial charge on any atom is 0.416 e. The molecule has 25 heavy (non-hydrogen) atoms. The van der Waals surface area contributed by atoms with Gasteiger partial charge in [-0.05, 0) is 29.8 Å². The number of carbonyl (C=O) groups excluding carboxylic acids is 1. The van der Waals surface area contributed by atoms with Crippen LogP contribution < -0.4 is 5.32 Å². The lowest BCUT2D eigenvalue weighted by Gasteiger charge is -2.09. The molecule has 0 atom stereocenters. The zero-order chi connectivity index (χ0) is 17.9. The lowest BCUT2D eigenvalue weighted by atomic mass is 10.1. The first-order valence-corrected chi connectivity index (χ1v) is 7.48. The first-order chi connectivity index (χ1) is 11.9. The van der Waals surface area contributed by atoms with Crippen LogP contribution >= 0.6 is 0 Å². The summed E-state index contributed by atoms with van der Waals surface area (Å²) in [6, 6.07) is 13.6. The van der Waals surface area contributed by atoms with Gasteiger partial charge in [-0.2, -0.15) is 18.3 Å². The summed E-state index contributed by atoms with van der Waals surface area (Å²) in [4.78, 5) is 12.1. The van der Waals surface area contributed by atoms with Gasteiger partial charge in [0.1, 0.15) is 0 Å². The van der Waals surface area contributed by atoms with Gasteiger partial charge in [0.25, 0.3) is 5.91 Å². The van der Waals surface area contributed by atoms with E-state index in [0.717, 1.165) is 41.1 Å². The predicted octanol–water partition coefficient (Wildman–Crippen LogP) is 4.03. The van der Waals surface area contributed by atoms with Gasteiger partial charge >= 0.3 is 6.18 Å². The average Bonchev–Trinajstić information content (AvgIpc) is 3.08. The minimum absolute atomic E-state index is 0.165. The number of hydrogen-bond donors (Lipinski definition) is 2. The monoisotopic (exact) mass is 345 g/mol. The first-order valence-electron chi connectivity index (χ1n) is 7.48. The summed E-state index contributed by atoms with van der Waals surface area (Å²) in [5.74, 6) is -0.450. The molecule has 0 aliphatic carbocycles. The van der Waals surface area contributed by atoms with E-state index in [2.05, 4.69) is 15.5 Å². The van der Waals surface area contributed by atoms with Crippen molar-refractivity contribution >= 4 is 5.91 Å². The molecule has 1 heterocycles. The van der Waals surface area contributed by atoms with Crippen molar-refractivity contribution in [2.75, 3.05) is 0 Å². The largest absolute Gasteiger partial charge is 0.416 e. The van der Waals surface area contributed by atoms with Gasteiger partial charge in [0.15, 0.2) is 0 Å². The van der Waals surface area contributed by atoms with E-state index >= 15 is 0 Å². The molecule has 3 aromatic rings. The van der Waals surface area contributed by atoms with Gasteiger partial charge in [0.05, 0.1) is 17.5 Å². The number of nitrogens with zero attached hydrogens (tertiary/aromatic N) is 1. The third-order valence-corrected chi connectivity index (χ3v) is 3.69. The Morgan fingerprint density at radius 1 is 1.04 bits per heavy atom. The standard InChI is InChI=1S/C18H14F3N3O/c19-18(20,21)15-8-6-13(7-9-15)17(25)22-10-14-11-23-24-16(14)12-4-2-1-3-5-12/h1-9,11H,10H2,(H,22,25)(H,23,24). The van der Waals surface area contributed by atoms with Crippen molar-refractivity contribution in [2.45, 2.75) is 12.7 Å². The number of halogens is 3. The van der Waals surface area contributed by atoms with E-state index in [1.807, 2.05) is 30.3 Å². The number of benzene rings is 2. The van der Waals surface area contributed by atoms with Crippen LogP contribution in [0.5, 0.6) is 0 Å². The number of nitrogens with one attached hydrogen (secondary N) is 2. The summed E-state index contributed by atoms with van der Waals surface area (Å²) in [7, 11) is 0. The Bertz CT molecular complexity index is 855. The molecule has 128 valence electrons. The minimum Gasteiger partial charge on any atom is -0.348 e. The highest BCUT2D eigenvalue weighted by molar-refractivity contribution is 5.94. The van der Waals surface area contributed by atoms with Gasteiger partial charge in [0, 0.05) is 17.7 Å². The van der Waals surface area contributed by atoms with Gasteiger partial charge in [-0.1, -0.05) is 30.3 Å². The Balaban J connectivity index is 1.69. The number of aromatic amines is 1. The van der Waals surface area contributed by atoms with Crippen molar-refractivity contribution in [3.63, 3.8) is 0 Å². The van der Waals surface area contributed by atoms with Gasteiger partial charge in [-0.25, -0.2) is 0 Å². The van der Waals surface area contributed by atoms with Crippen molar-refractivity contribution < 1.29 is 18.0 Å². The Morgan fingerprint density at radius 3 is 2.36 bits per heavy atom. The van der Waals surface area contributed by atoms with E-state index in [-0.39, 0.29) is 12.1 Å². The number of alkyl halides is 3. The quantitative estimate of drug-likeness (QED) is 0.750. The molecule has 0 spiro atoms. The Hall–Kier alpha value is -3.09. The Labute approximate surface area is 141 Å². The van der Waals surface area contributed by atoms with Crippen LogP contribution in [-0.4, -0.2) is 16.1 Å². The first kappa shape index (κ1) is 16.8. The van der Waals surface area contributed by atoms with Gasteiger partial charge in [-0.3, -0.25) is 9.89 Å². The number of rotatable bonds is 4. The van der Waals surface area contributed by atoms with Crippen LogP contribution in [0.3, 0.4) is 0 Å². The van der Waals surface area contributed by atoms with E-state index in [4.69, 9.17) is 0 Å². The average molecular weight is 345 g/mol. The number of H-pyrrole nitrogens is 1. The Kier molecular flexibility index (Phi) is 4.56. The van der Waals surface area contributed by atoms with Crippen LogP contribution in [0, 0.1) is 0 Å².